The van der Waals surface area contributed by atoms with Crippen LogP contribution in [0.1, 0.15) is 19.8 Å². The summed E-state index contributed by atoms with van der Waals surface area (Å²) in [6.45, 7) is 5.47. The van der Waals surface area contributed by atoms with Crippen LogP contribution in [0.25, 0.3) is 16.9 Å². The lowest BCUT2D eigenvalue weighted by atomic mass is 10.2. The fourth-order valence-electron chi connectivity index (χ4n) is 3.48. The molecule has 124 valence electrons. The van der Waals surface area contributed by atoms with Crippen molar-refractivity contribution in [1.29, 1.82) is 0 Å². The number of nitrogens with zero attached hydrogens (tertiary/aromatic N) is 5. The number of para-hydroxylation sites is 2. The van der Waals surface area contributed by atoms with E-state index in [1.54, 1.807) is 6.33 Å². The fraction of sp³-hybridized carbons (Fsp3) is 0.389. The van der Waals surface area contributed by atoms with Gasteiger partial charge in [-0.25, -0.2) is 15.0 Å². The van der Waals surface area contributed by atoms with Gasteiger partial charge in [-0.3, -0.25) is 9.47 Å². The van der Waals surface area contributed by atoms with Crippen LogP contribution in [0.2, 0.25) is 0 Å². The van der Waals surface area contributed by atoms with E-state index in [1.165, 1.54) is 19.4 Å². The van der Waals surface area contributed by atoms with Gasteiger partial charge in [0.15, 0.2) is 0 Å². The predicted octanol–water partition coefficient (Wildman–Crippen LogP) is 2.71. The first-order valence-corrected chi connectivity index (χ1v) is 8.57. The number of anilines is 1. The number of nitrogens with one attached hydrogen (secondary N) is 1. The van der Waals surface area contributed by atoms with Gasteiger partial charge in [0.05, 0.1) is 11.0 Å². The number of benzene rings is 1. The number of likely N-dealkylation sites (tertiary alicyclic amines) is 1. The molecule has 6 heteroatoms. The third-order valence-electron chi connectivity index (χ3n) is 4.78. The van der Waals surface area contributed by atoms with Gasteiger partial charge in [-0.2, -0.15) is 0 Å². The molecule has 3 heterocycles. The third-order valence-corrected chi connectivity index (χ3v) is 4.78. The normalized spacial score (nSPS) is 18.3. The molecule has 1 saturated heterocycles. The van der Waals surface area contributed by atoms with E-state index in [4.69, 9.17) is 0 Å². The van der Waals surface area contributed by atoms with Gasteiger partial charge in [0, 0.05) is 18.7 Å². The molecule has 1 N–H and O–H groups in total. The number of aromatic nitrogens is 4. The van der Waals surface area contributed by atoms with Crippen molar-refractivity contribution in [2.45, 2.75) is 25.8 Å². The molecule has 0 spiro atoms. The van der Waals surface area contributed by atoms with Crippen LogP contribution >= 0.6 is 0 Å². The van der Waals surface area contributed by atoms with Gasteiger partial charge in [0.1, 0.15) is 24.3 Å². The molecule has 2 aromatic heterocycles. The second kappa shape index (κ2) is 6.57. The monoisotopic (exact) mass is 322 g/mol. The maximum Gasteiger partial charge on any atom is 0.143 e. The van der Waals surface area contributed by atoms with Crippen LogP contribution in [-0.2, 0) is 0 Å². The zero-order valence-electron chi connectivity index (χ0n) is 13.9. The molecule has 1 aliphatic rings. The molecule has 1 fully saturated rings. The Balaban J connectivity index is 1.53. The highest BCUT2D eigenvalue weighted by Gasteiger charge is 2.22. The van der Waals surface area contributed by atoms with Crippen LogP contribution < -0.4 is 5.32 Å². The maximum atomic E-state index is 4.43. The molecule has 0 amide bonds. The van der Waals surface area contributed by atoms with Crippen LogP contribution in [-0.4, -0.2) is 50.1 Å². The molecular weight excluding hydrogens is 300 g/mol. The lowest BCUT2D eigenvalue weighted by Crippen LogP contribution is -2.34. The zero-order chi connectivity index (χ0) is 16.4. The average molecular weight is 322 g/mol. The minimum Gasteiger partial charge on any atom is -0.368 e. The Kier molecular flexibility index (Phi) is 4.13. The molecule has 1 unspecified atom stereocenters. The number of likely N-dealkylation sites (N-methyl/N-ethyl adjacent to an activating group) is 1. The quantitative estimate of drug-likeness (QED) is 0.783. The van der Waals surface area contributed by atoms with Crippen molar-refractivity contribution in [3.8, 4) is 5.82 Å². The Morgan fingerprint density at radius 2 is 2.12 bits per heavy atom. The minimum absolute atomic E-state index is 0.600. The number of hydrogen-bond acceptors (Lipinski definition) is 5. The van der Waals surface area contributed by atoms with Crippen LogP contribution in [0.3, 0.4) is 0 Å². The highest BCUT2D eigenvalue weighted by molar-refractivity contribution is 5.76. The van der Waals surface area contributed by atoms with E-state index < -0.39 is 0 Å². The average Bonchev–Trinajstić information content (AvgIpc) is 3.26. The Bertz CT molecular complexity index is 827. The number of imidazole rings is 1. The first-order valence-electron chi connectivity index (χ1n) is 8.57. The molecule has 0 aliphatic carbocycles. The topological polar surface area (TPSA) is 58.9 Å². The van der Waals surface area contributed by atoms with E-state index in [9.17, 15) is 0 Å². The van der Waals surface area contributed by atoms with Crippen molar-refractivity contribution in [1.82, 2.24) is 24.4 Å². The molecule has 0 bridgehead atoms. The van der Waals surface area contributed by atoms with Gasteiger partial charge in [-0.05, 0) is 38.1 Å². The van der Waals surface area contributed by atoms with Crippen molar-refractivity contribution in [2.24, 2.45) is 0 Å². The van der Waals surface area contributed by atoms with E-state index in [1.807, 2.05) is 35.2 Å². The van der Waals surface area contributed by atoms with Crippen molar-refractivity contribution in [3.63, 3.8) is 0 Å². The lowest BCUT2D eigenvalue weighted by molar-refractivity contribution is 0.277. The van der Waals surface area contributed by atoms with E-state index in [0.29, 0.717) is 6.04 Å². The van der Waals surface area contributed by atoms with Crippen LogP contribution in [0.15, 0.2) is 43.0 Å². The molecule has 3 aromatic rings. The third kappa shape index (κ3) is 2.85. The smallest absolute Gasteiger partial charge is 0.143 e. The summed E-state index contributed by atoms with van der Waals surface area (Å²) in [6, 6.07) is 10.6. The summed E-state index contributed by atoms with van der Waals surface area (Å²) in [5.41, 5.74) is 2.02. The summed E-state index contributed by atoms with van der Waals surface area (Å²) in [6.07, 6.45) is 5.96. The predicted molar refractivity (Wildman–Crippen MR) is 95.4 cm³/mol. The second-order valence-electron chi connectivity index (χ2n) is 6.17. The standard InChI is InChI=1S/C18H22N6/c1-2-23-9-5-6-14(23)11-19-17-10-18(21-12-20-17)24-13-22-15-7-3-4-8-16(15)24/h3-4,7-8,10,12-14H,2,5-6,9,11H2,1H3,(H,19,20,21). The van der Waals surface area contributed by atoms with E-state index >= 15 is 0 Å². The van der Waals surface area contributed by atoms with Gasteiger partial charge in [0.25, 0.3) is 0 Å². The molecule has 1 aliphatic heterocycles. The summed E-state index contributed by atoms with van der Waals surface area (Å²) in [7, 11) is 0. The molecule has 24 heavy (non-hydrogen) atoms. The van der Waals surface area contributed by atoms with Crippen molar-refractivity contribution < 1.29 is 0 Å². The number of fused-ring (bicyclic) bond motifs is 1. The van der Waals surface area contributed by atoms with Gasteiger partial charge in [-0.15, -0.1) is 0 Å². The molecular formula is C18H22N6. The summed E-state index contributed by atoms with van der Waals surface area (Å²) in [4.78, 5) is 15.7. The van der Waals surface area contributed by atoms with Crippen molar-refractivity contribution in [2.75, 3.05) is 25.0 Å². The molecule has 1 atom stereocenters. The van der Waals surface area contributed by atoms with Gasteiger partial charge < -0.3 is 5.32 Å². The van der Waals surface area contributed by atoms with Crippen molar-refractivity contribution >= 4 is 16.9 Å². The summed E-state index contributed by atoms with van der Waals surface area (Å²) in [5, 5.41) is 3.47. The SMILES string of the molecule is CCN1CCCC1CNc1cc(-n2cnc3ccccc32)ncn1. The van der Waals surface area contributed by atoms with Crippen molar-refractivity contribution in [3.05, 3.63) is 43.0 Å². The van der Waals surface area contributed by atoms with Gasteiger partial charge >= 0.3 is 0 Å². The van der Waals surface area contributed by atoms with E-state index in [0.717, 1.165) is 35.8 Å². The van der Waals surface area contributed by atoms with Gasteiger partial charge in [-0.1, -0.05) is 19.1 Å². The zero-order valence-corrected chi connectivity index (χ0v) is 13.9. The Labute approximate surface area is 141 Å². The van der Waals surface area contributed by atoms with Crippen LogP contribution in [0.5, 0.6) is 0 Å². The molecule has 0 saturated carbocycles. The summed E-state index contributed by atoms with van der Waals surface area (Å²) >= 11 is 0. The molecule has 0 radical (unpaired) electrons. The molecule has 6 nitrogen and oxygen atoms in total. The highest BCUT2D eigenvalue weighted by atomic mass is 15.2. The Morgan fingerprint density at radius 1 is 1.21 bits per heavy atom. The van der Waals surface area contributed by atoms with Gasteiger partial charge in [0.2, 0.25) is 0 Å². The molecule has 1 aromatic carbocycles. The first-order chi connectivity index (χ1) is 11.8. The van der Waals surface area contributed by atoms with Crippen LogP contribution in [0, 0.1) is 0 Å². The Hall–Kier alpha value is -2.47. The Morgan fingerprint density at radius 3 is 3.04 bits per heavy atom. The number of rotatable bonds is 5. The summed E-state index contributed by atoms with van der Waals surface area (Å²) in [5.74, 6) is 1.70. The second-order valence-corrected chi connectivity index (χ2v) is 6.17. The van der Waals surface area contributed by atoms with Crippen LogP contribution in [0.4, 0.5) is 5.82 Å². The van der Waals surface area contributed by atoms with E-state index in [-0.39, 0.29) is 0 Å². The molecule has 4 rings (SSSR count). The fourth-order valence-corrected chi connectivity index (χ4v) is 3.48. The minimum atomic E-state index is 0.600. The largest absolute Gasteiger partial charge is 0.368 e. The highest BCUT2D eigenvalue weighted by Crippen LogP contribution is 2.19. The first kappa shape index (κ1) is 15.1. The number of hydrogen-bond donors (Lipinski definition) is 1. The summed E-state index contributed by atoms with van der Waals surface area (Å²) < 4.78 is 2.00. The lowest BCUT2D eigenvalue weighted by Gasteiger charge is -2.23. The van der Waals surface area contributed by atoms with E-state index in [2.05, 4.69) is 38.2 Å². The maximum absolute atomic E-state index is 4.43.